The summed E-state index contributed by atoms with van der Waals surface area (Å²) in [5.74, 6) is -0.218. The van der Waals surface area contributed by atoms with E-state index in [1.54, 1.807) is 6.07 Å². The molecule has 1 N–H and O–H groups in total. The van der Waals surface area contributed by atoms with Crippen molar-refractivity contribution in [2.45, 2.75) is 39.2 Å². The second-order valence-electron chi connectivity index (χ2n) is 6.29. The Labute approximate surface area is 149 Å². The first-order chi connectivity index (χ1) is 12.1. The second kappa shape index (κ2) is 9.42. The molecule has 1 heterocycles. The molecular weight excluding hydrogens is 320 g/mol. The van der Waals surface area contributed by atoms with Gasteiger partial charge in [0.1, 0.15) is 11.8 Å². The van der Waals surface area contributed by atoms with E-state index in [4.69, 9.17) is 4.74 Å². The van der Waals surface area contributed by atoms with Crippen molar-refractivity contribution in [2.24, 2.45) is 0 Å². The van der Waals surface area contributed by atoms with E-state index in [9.17, 15) is 14.7 Å². The lowest BCUT2D eigenvalue weighted by atomic mass is 10.1. The molecule has 1 saturated heterocycles. The van der Waals surface area contributed by atoms with Crippen LogP contribution < -0.4 is 4.74 Å². The summed E-state index contributed by atoms with van der Waals surface area (Å²) in [5, 5.41) is 9.35. The van der Waals surface area contributed by atoms with Gasteiger partial charge in [0.25, 0.3) is 5.91 Å². The molecule has 0 radical (unpaired) electrons. The minimum Gasteiger partial charge on any atom is -0.493 e. The number of hydrogen-bond acceptors (Lipinski definition) is 4. The zero-order chi connectivity index (χ0) is 18.2. The van der Waals surface area contributed by atoms with E-state index >= 15 is 0 Å². The number of hydrogen-bond donors (Lipinski definition) is 1. The van der Waals surface area contributed by atoms with Crippen molar-refractivity contribution in [1.29, 1.82) is 0 Å². The lowest BCUT2D eigenvalue weighted by molar-refractivity contribution is -0.143. The van der Waals surface area contributed by atoms with Crippen LogP contribution in [-0.4, -0.2) is 65.6 Å². The number of carboxylic acid groups (broad SMARTS) is 1. The van der Waals surface area contributed by atoms with Gasteiger partial charge in [0.05, 0.1) is 12.2 Å². The van der Waals surface area contributed by atoms with E-state index in [1.165, 1.54) is 0 Å². The summed E-state index contributed by atoms with van der Waals surface area (Å²) in [7, 11) is 0. The minimum absolute atomic E-state index is 0.0445. The number of carbonyl (C=O) groups excluding carboxylic acids is 1. The first-order valence-corrected chi connectivity index (χ1v) is 9.06. The van der Waals surface area contributed by atoms with Crippen molar-refractivity contribution in [3.8, 4) is 5.75 Å². The van der Waals surface area contributed by atoms with Crippen LogP contribution in [0.15, 0.2) is 24.3 Å². The molecule has 0 aromatic heterocycles. The van der Waals surface area contributed by atoms with Gasteiger partial charge in [-0.3, -0.25) is 14.5 Å². The number of nitrogens with zero attached hydrogens (tertiary/aromatic N) is 2. The molecule has 0 spiro atoms. The number of ether oxygens (including phenoxy) is 1. The van der Waals surface area contributed by atoms with E-state index in [0.717, 1.165) is 12.8 Å². The summed E-state index contributed by atoms with van der Waals surface area (Å²) < 4.78 is 5.70. The zero-order valence-electron chi connectivity index (χ0n) is 15.1. The third-order valence-electron chi connectivity index (χ3n) is 4.51. The average Bonchev–Trinajstić information content (AvgIpc) is 2.86. The van der Waals surface area contributed by atoms with Crippen molar-refractivity contribution in [1.82, 2.24) is 9.80 Å². The summed E-state index contributed by atoms with van der Waals surface area (Å²) in [5.41, 5.74) is 0.578. The Kier molecular flexibility index (Phi) is 7.25. The maximum Gasteiger partial charge on any atom is 0.320 e. The molecule has 138 valence electrons. The van der Waals surface area contributed by atoms with Crippen molar-refractivity contribution in [3.63, 3.8) is 0 Å². The van der Waals surface area contributed by atoms with Gasteiger partial charge in [-0.15, -0.1) is 0 Å². The number of aliphatic carboxylic acids is 1. The van der Waals surface area contributed by atoms with Crippen molar-refractivity contribution in [2.75, 3.05) is 32.8 Å². The van der Waals surface area contributed by atoms with E-state index in [1.807, 2.05) is 41.8 Å². The Hall–Kier alpha value is -2.08. The predicted octanol–water partition coefficient (Wildman–Crippen LogP) is 2.49. The van der Waals surface area contributed by atoms with Gasteiger partial charge in [-0.05, 0) is 31.4 Å². The third-order valence-corrected chi connectivity index (χ3v) is 4.51. The Balaban J connectivity index is 2.07. The summed E-state index contributed by atoms with van der Waals surface area (Å²) in [6, 6.07) is 6.85. The fraction of sp³-hybridized carbons (Fsp3) is 0.579. The van der Waals surface area contributed by atoms with E-state index in [0.29, 0.717) is 50.5 Å². The monoisotopic (exact) mass is 348 g/mol. The summed E-state index contributed by atoms with van der Waals surface area (Å²) >= 11 is 0. The Morgan fingerprint density at radius 3 is 2.60 bits per heavy atom. The van der Waals surface area contributed by atoms with Crippen LogP contribution in [-0.2, 0) is 4.79 Å². The van der Waals surface area contributed by atoms with E-state index in [2.05, 4.69) is 0 Å². The number of amides is 1. The summed E-state index contributed by atoms with van der Waals surface area (Å²) in [4.78, 5) is 28.1. The highest BCUT2D eigenvalue weighted by Gasteiger charge is 2.28. The van der Waals surface area contributed by atoms with E-state index in [-0.39, 0.29) is 5.91 Å². The molecule has 0 saturated carbocycles. The molecular formula is C19H28N2O4. The van der Waals surface area contributed by atoms with Gasteiger partial charge in [0.15, 0.2) is 0 Å². The normalized spacial score (nSPS) is 17.0. The Morgan fingerprint density at radius 2 is 1.92 bits per heavy atom. The van der Waals surface area contributed by atoms with Crippen LogP contribution in [0.25, 0.3) is 0 Å². The van der Waals surface area contributed by atoms with Crippen LogP contribution in [0.3, 0.4) is 0 Å². The molecule has 1 aromatic rings. The first-order valence-electron chi connectivity index (χ1n) is 9.06. The molecule has 0 bridgehead atoms. The average molecular weight is 348 g/mol. The van der Waals surface area contributed by atoms with Crippen molar-refractivity contribution < 1.29 is 19.4 Å². The maximum absolute atomic E-state index is 12.9. The van der Waals surface area contributed by atoms with Gasteiger partial charge in [-0.1, -0.05) is 26.0 Å². The van der Waals surface area contributed by atoms with Crippen molar-refractivity contribution >= 4 is 11.9 Å². The minimum atomic E-state index is -0.791. The molecule has 1 aliphatic rings. The molecule has 1 atom stereocenters. The van der Waals surface area contributed by atoms with E-state index < -0.39 is 12.0 Å². The number of benzene rings is 1. The Morgan fingerprint density at radius 1 is 1.16 bits per heavy atom. The SMILES string of the molecule is CCCOc1ccccc1C(=O)N1CCCN(C(CC)C(=O)O)CC1. The van der Waals surface area contributed by atoms with Crippen LogP contribution in [0, 0.1) is 0 Å². The molecule has 1 aliphatic heterocycles. The second-order valence-corrected chi connectivity index (χ2v) is 6.29. The van der Waals surface area contributed by atoms with Gasteiger partial charge in [-0.25, -0.2) is 0 Å². The fourth-order valence-electron chi connectivity index (χ4n) is 3.19. The van der Waals surface area contributed by atoms with Crippen LogP contribution in [0.5, 0.6) is 5.75 Å². The molecule has 1 fully saturated rings. The number of rotatable bonds is 7. The molecule has 1 amide bonds. The van der Waals surface area contributed by atoms with Gasteiger partial charge in [-0.2, -0.15) is 0 Å². The van der Waals surface area contributed by atoms with Gasteiger partial charge in [0, 0.05) is 26.2 Å². The predicted molar refractivity (Wildman–Crippen MR) is 96.0 cm³/mol. The maximum atomic E-state index is 12.9. The molecule has 2 rings (SSSR count). The molecule has 25 heavy (non-hydrogen) atoms. The third kappa shape index (κ3) is 4.95. The van der Waals surface area contributed by atoms with Crippen molar-refractivity contribution in [3.05, 3.63) is 29.8 Å². The lowest BCUT2D eigenvalue weighted by Crippen LogP contribution is -2.43. The highest BCUT2D eigenvalue weighted by Crippen LogP contribution is 2.21. The molecule has 1 unspecified atom stereocenters. The lowest BCUT2D eigenvalue weighted by Gasteiger charge is -2.26. The number of carbonyl (C=O) groups is 2. The standard InChI is InChI=1S/C19H28N2O4/c1-3-14-25-17-9-6-5-8-15(17)18(22)21-11-7-10-20(12-13-21)16(4-2)19(23)24/h5-6,8-9,16H,3-4,7,10-14H2,1-2H3,(H,23,24). The largest absolute Gasteiger partial charge is 0.493 e. The summed E-state index contributed by atoms with van der Waals surface area (Å²) in [6.07, 6.45) is 2.22. The summed E-state index contributed by atoms with van der Waals surface area (Å²) in [6.45, 7) is 6.93. The van der Waals surface area contributed by atoms with Crippen LogP contribution in [0.4, 0.5) is 0 Å². The Bertz CT molecular complexity index is 591. The highest BCUT2D eigenvalue weighted by molar-refractivity contribution is 5.97. The van der Waals surface area contributed by atoms with Gasteiger partial charge < -0.3 is 14.7 Å². The molecule has 1 aromatic carbocycles. The first kappa shape index (κ1) is 19.2. The molecule has 6 nitrogen and oxygen atoms in total. The smallest absolute Gasteiger partial charge is 0.320 e. The number of carboxylic acids is 1. The van der Waals surface area contributed by atoms with Gasteiger partial charge >= 0.3 is 5.97 Å². The van der Waals surface area contributed by atoms with Crippen LogP contribution in [0.2, 0.25) is 0 Å². The fourth-order valence-corrected chi connectivity index (χ4v) is 3.19. The van der Waals surface area contributed by atoms with Crippen LogP contribution >= 0.6 is 0 Å². The highest BCUT2D eigenvalue weighted by atomic mass is 16.5. The zero-order valence-corrected chi connectivity index (χ0v) is 15.1. The topological polar surface area (TPSA) is 70.1 Å². The molecule has 6 heteroatoms. The van der Waals surface area contributed by atoms with Crippen LogP contribution in [0.1, 0.15) is 43.5 Å². The molecule has 0 aliphatic carbocycles. The quantitative estimate of drug-likeness (QED) is 0.820. The van der Waals surface area contributed by atoms with Gasteiger partial charge in [0.2, 0.25) is 0 Å². The number of para-hydroxylation sites is 1.